The van der Waals surface area contributed by atoms with Crippen LogP contribution in [0.25, 0.3) is 0 Å². The maximum absolute atomic E-state index is 13.2. The quantitative estimate of drug-likeness (QED) is 0.0272. The van der Waals surface area contributed by atoms with Crippen molar-refractivity contribution in [2.75, 3.05) is 72.7 Å². The molecule has 7 aliphatic rings. The van der Waals surface area contributed by atoms with E-state index in [9.17, 15) is 177 Å². The number of aliphatic hydroxyl groups excluding tert-OH is 26. The van der Waals surface area contributed by atoms with E-state index in [4.69, 9.17) is 66.3 Å². The van der Waals surface area contributed by atoms with Gasteiger partial charge in [-0.25, -0.2) is 9.59 Å². The number of carbonyl (C=O) groups excluding carboxylic acids is 5. The zero-order chi connectivity index (χ0) is 88.2. The number of hydrogen-bond donors (Lipinski definition) is 33. The van der Waals surface area contributed by atoms with Crippen LogP contribution < -0.4 is 26.6 Å². The highest BCUT2D eigenvalue weighted by Gasteiger charge is 2.64. The molecule has 7 aliphatic heterocycles. The van der Waals surface area contributed by atoms with Gasteiger partial charge in [0, 0.05) is 33.6 Å². The number of ether oxygens (including phenoxy) is 14. The Balaban J connectivity index is 1.09. The van der Waals surface area contributed by atoms with Gasteiger partial charge in [0.2, 0.25) is 29.5 Å². The molecule has 0 bridgehead atoms. The number of hydrogen-bond acceptors (Lipinski definition) is 47. The number of nitrogens with one attached hydrogen (secondary N) is 5. The minimum absolute atomic E-state index is 0.875. The van der Waals surface area contributed by atoms with Crippen LogP contribution in [0.1, 0.15) is 33.6 Å². The maximum atomic E-state index is 13.2. The Morgan fingerprint density at radius 2 is 0.754 bits per heavy atom. The maximum Gasteiger partial charge on any atom is 0.364 e. The van der Waals surface area contributed by atoms with Crippen LogP contribution in [0, 0.1) is 0 Å². The Labute approximate surface area is 665 Å². The first-order valence-electron chi connectivity index (χ1n) is 36.6. The summed E-state index contributed by atoms with van der Waals surface area (Å²) in [5, 5.41) is 317. The molecule has 7 rings (SSSR count). The summed E-state index contributed by atoms with van der Waals surface area (Å²) in [6.45, 7) is -10.9. The number of amides is 5. The van der Waals surface area contributed by atoms with Crippen molar-refractivity contribution in [3.63, 3.8) is 0 Å². The van der Waals surface area contributed by atoms with Gasteiger partial charge in [-0.05, 0) is 0 Å². The molecular formula is C64H107N5O49. The second-order valence-corrected chi connectivity index (χ2v) is 28.8. The summed E-state index contributed by atoms with van der Waals surface area (Å²) in [5.41, 5.74) is 0. The van der Waals surface area contributed by atoms with Crippen molar-refractivity contribution in [3.05, 3.63) is 0 Å². The van der Waals surface area contributed by atoms with Gasteiger partial charge in [0.15, 0.2) is 31.5 Å². The first kappa shape index (κ1) is 99.8. The highest BCUT2D eigenvalue weighted by Crippen LogP contribution is 2.42. The summed E-state index contributed by atoms with van der Waals surface area (Å²) in [6, 6.07) is -9.65. The van der Waals surface area contributed by atoms with Crippen LogP contribution in [0.5, 0.6) is 0 Å². The molecule has 5 amide bonds. The van der Waals surface area contributed by atoms with Crippen molar-refractivity contribution in [1.29, 1.82) is 0 Å². The van der Waals surface area contributed by atoms with E-state index >= 15 is 0 Å². The van der Waals surface area contributed by atoms with Crippen LogP contribution in [0.4, 0.5) is 0 Å². The standard InChI is InChI=1S/C64H107N5O49/c1-17(80)65-20(6-70)48(39(92)25(87)16-105-56-35(66-18(2)81)43(96)49(29(12-76)109-56)112-59-46(99)54(41(94)27(10-74)107-59)117-63(61(101)102)4-21(83)33(68-31(88)14-78)51(115-63)37(90)23(85)7-71)111-58-45(98)53(40(93)26(9-73)106-58)114-57-36(67-19(3)82)44(97)50(30(13-77)110-57)113-60-47(100)55(42(95)28(11-75)108-60)118-64(62(103)104)5-22(84)34(69-32(89)15-79)52(116-64)38(91)24(86)8-72/h20-30,33-60,70-79,83-87,90-100H,4-16H2,1-3H3,(H,65,80)(H,66,81)(H,67,82)(H,68,88)(H,69,89)(H,101,102)(H,103,104)/t20-,21-,22-,23+,24+,25+,26+,27+,28+,29+,30+,33+,34+,35+,36+,37+,38+,39-,40-,41-,42-,43+,44+,45+,46+,47+,48+,49+,50+,51+,52+,53-,54-,55-,56+,57-,58-,59-,60-,63-,64-/m0/s1. The molecule has 7 fully saturated rings. The molecule has 41 atom stereocenters. The fourth-order valence-electron chi connectivity index (χ4n) is 14.4. The van der Waals surface area contributed by atoms with E-state index in [1.807, 2.05) is 0 Å². The number of carboxylic acids is 2. The monoisotopic (exact) mass is 1730 g/mol. The predicted octanol–water partition coefficient (Wildman–Crippen LogP) is -21.7. The van der Waals surface area contributed by atoms with Gasteiger partial charge in [0.1, 0.15) is 190 Å². The number of aliphatic carboxylic acids is 2. The van der Waals surface area contributed by atoms with E-state index in [0.29, 0.717) is 0 Å². The molecule has 0 aromatic heterocycles. The van der Waals surface area contributed by atoms with Crippen molar-refractivity contribution in [2.24, 2.45) is 0 Å². The third-order valence-electron chi connectivity index (χ3n) is 20.4. The van der Waals surface area contributed by atoms with Crippen molar-refractivity contribution in [1.82, 2.24) is 26.6 Å². The molecule has 0 spiro atoms. The van der Waals surface area contributed by atoms with Gasteiger partial charge < -0.3 is 236 Å². The van der Waals surface area contributed by atoms with Crippen molar-refractivity contribution in [2.45, 2.75) is 284 Å². The molecule has 7 saturated heterocycles. The van der Waals surface area contributed by atoms with Gasteiger partial charge in [-0.3, -0.25) is 24.0 Å². The molecule has 0 aromatic carbocycles. The first-order chi connectivity index (χ1) is 55.5. The Hall–Kier alpha value is -5.31. The molecule has 0 radical (unpaired) electrons. The Morgan fingerprint density at radius 1 is 0.398 bits per heavy atom. The minimum Gasteiger partial charge on any atom is -0.477 e. The number of carbonyl (C=O) groups is 7. The normalized spacial score (nSPS) is 41.2. The van der Waals surface area contributed by atoms with E-state index in [2.05, 4.69) is 26.6 Å². The highest BCUT2D eigenvalue weighted by molar-refractivity contribution is 5.79. The minimum atomic E-state index is -3.34. The molecule has 118 heavy (non-hydrogen) atoms. The van der Waals surface area contributed by atoms with Crippen LogP contribution in [0.3, 0.4) is 0 Å². The van der Waals surface area contributed by atoms with Gasteiger partial charge in [0.05, 0.1) is 89.8 Å². The summed E-state index contributed by atoms with van der Waals surface area (Å²) >= 11 is 0. The van der Waals surface area contributed by atoms with Crippen LogP contribution >= 0.6 is 0 Å². The summed E-state index contributed by atoms with van der Waals surface area (Å²) in [4.78, 5) is 89.2. The van der Waals surface area contributed by atoms with Crippen molar-refractivity contribution >= 4 is 41.5 Å². The predicted molar refractivity (Wildman–Crippen MR) is 362 cm³/mol. The topological polar surface area (TPSA) is 875 Å². The average Bonchev–Trinajstić information content (AvgIpc) is 0.763. The number of carboxylic acid groups (broad SMARTS) is 2. The van der Waals surface area contributed by atoms with Crippen LogP contribution in [-0.2, 0) is 99.9 Å². The van der Waals surface area contributed by atoms with Crippen molar-refractivity contribution in [3.8, 4) is 0 Å². The lowest BCUT2D eigenvalue weighted by Gasteiger charge is -2.51. The lowest BCUT2D eigenvalue weighted by molar-refractivity contribution is -0.388. The molecule has 0 aliphatic carbocycles. The number of rotatable bonds is 39. The van der Waals surface area contributed by atoms with Gasteiger partial charge in [-0.2, -0.15) is 0 Å². The summed E-state index contributed by atoms with van der Waals surface area (Å²) in [7, 11) is 0. The fraction of sp³-hybridized carbons (Fsp3) is 0.891. The largest absolute Gasteiger partial charge is 0.477 e. The Bertz CT molecular complexity index is 3230. The van der Waals surface area contributed by atoms with E-state index in [1.165, 1.54) is 0 Å². The smallest absolute Gasteiger partial charge is 0.364 e. The van der Waals surface area contributed by atoms with Gasteiger partial charge in [-0.1, -0.05) is 0 Å². The Morgan fingerprint density at radius 3 is 1.11 bits per heavy atom. The summed E-state index contributed by atoms with van der Waals surface area (Å²) < 4.78 is 80.6. The third-order valence-corrected chi connectivity index (χ3v) is 20.4. The molecule has 54 heteroatoms. The van der Waals surface area contributed by atoms with E-state index < -0.39 is 377 Å². The van der Waals surface area contributed by atoms with Crippen LogP contribution in [0.2, 0.25) is 0 Å². The zero-order valence-electron chi connectivity index (χ0n) is 62.8. The van der Waals surface area contributed by atoms with Gasteiger partial charge >= 0.3 is 11.9 Å². The molecule has 54 nitrogen and oxygen atoms in total. The summed E-state index contributed by atoms with van der Waals surface area (Å²) in [5.74, 6) is -16.5. The van der Waals surface area contributed by atoms with Crippen molar-refractivity contribution < 1.29 is 243 Å². The molecule has 0 unspecified atom stereocenters. The molecule has 0 saturated carbocycles. The van der Waals surface area contributed by atoms with Gasteiger partial charge in [0.25, 0.3) is 11.6 Å². The highest BCUT2D eigenvalue weighted by atomic mass is 16.8. The molecular weight excluding hydrogens is 1620 g/mol. The van der Waals surface area contributed by atoms with E-state index in [0.717, 1.165) is 20.8 Å². The molecule has 0 aromatic rings. The van der Waals surface area contributed by atoms with E-state index in [1.54, 1.807) is 0 Å². The molecule has 682 valence electrons. The summed E-state index contributed by atoms with van der Waals surface area (Å²) in [6.07, 6.45) is -79.4. The second-order valence-electron chi connectivity index (χ2n) is 28.8. The fourth-order valence-corrected chi connectivity index (χ4v) is 14.4. The molecule has 33 N–H and O–H groups in total. The SMILES string of the molecule is CC(=O)N[C@H]1[C@H](OC[C@@H](O)[C@H](O)[C@H](O[C@@H]2O[C@H](CO)[C@H](O)[C@H](O[C@@H]3O[C@H](CO)[C@@H](O[C@@H]4O[C@H](CO)[C@H](O)[C@H](O[C@]5(C(=O)O)C[C@H](O)[C@@H](NC(=O)CO)[C@H]([C@H](O)[C@H](O)CO)O5)[C@H]4O)[C@H](O)[C@H]3NC(C)=O)[C@H]2O)[C@H](CO)NC(C)=O)O[C@H](CO)[C@@H](O[C@@H]2O[C@H](CO)[C@H](O)[C@H](O[C@]3(C(=O)O)C[C@H](O)[C@@H](NC(=O)CO)[C@H]([C@H](O)[C@H](O)CO)O3)[C@H]2O)[C@@H]1O. The lowest BCUT2D eigenvalue weighted by Crippen LogP contribution is -2.71. The Kier molecular flexibility index (Phi) is 37.1. The van der Waals surface area contributed by atoms with Crippen LogP contribution in [0.15, 0.2) is 0 Å². The first-order valence-corrected chi connectivity index (χ1v) is 36.6. The van der Waals surface area contributed by atoms with Gasteiger partial charge in [-0.15, -0.1) is 0 Å². The average molecular weight is 1730 g/mol. The lowest BCUT2D eigenvalue weighted by atomic mass is 9.88. The number of aliphatic hydroxyl groups is 26. The van der Waals surface area contributed by atoms with Crippen LogP contribution in [-0.4, -0.2) is 507 Å². The zero-order valence-corrected chi connectivity index (χ0v) is 62.8. The second kappa shape index (κ2) is 43.8. The van der Waals surface area contributed by atoms with E-state index in [-0.39, 0.29) is 0 Å². The molecule has 7 heterocycles. The third kappa shape index (κ3) is 22.8.